The second kappa shape index (κ2) is 4.78. The first kappa shape index (κ1) is 12.4. The Morgan fingerprint density at radius 1 is 1.32 bits per heavy atom. The van der Waals surface area contributed by atoms with E-state index < -0.39 is 0 Å². The largest absolute Gasteiger partial charge is 0.292 e. The highest BCUT2D eigenvalue weighted by Gasteiger charge is 2.33. The summed E-state index contributed by atoms with van der Waals surface area (Å²) in [6.07, 6.45) is 3.78. The molecule has 0 aliphatic carbocycles. The second-order valence-electron chi connectivity index (χ2n) is 5.44. The third kappa shape index (κ3) is 2.28. The van der Waals surface area contributed by atoms with Crippen LogP contribution in [0.1, 0.15) is 36.0 Å². The lowest BCUT2D eigenvalue weighted by Gasteiger charge is -2.43. The van der Waals surface area contributed by atoms with Crippen molar-refractivity contribution in [3.63, 3.8) is 0 Å². The number of aryl methyl sites for hydroxylation is 2. The van der Waals surface area contributed by atoms with Crippen molar-refractivity contribution in [1.29, 1.82) is 0 Å². The zero-order chi connectivity index (χ0) is 13.4. The molecular weight excluding hydrogens is 236 g/mol. The molecule has 4 nitrogen and oxygen atoms in total. The normalized spacial score (nSPS) is 18.3. The molecule has 1 atom stereocenters. The molecule has 0 saturated carbocycles. The summed E-state index contributed by atoms with van der Waals surface area (Å²) in [6.45, 7) is 8.57. The van der Waals surface area contributed by atoms with E-state index in [1.54, 1.807) is 0 Å². The van der Waals surface area contributed by atoms with Gasteiger partial charge in [-0.05, 0) is 38.5 Å². The monoisotopic (exact) mass is 256 g/mol. The molecule has 2 aromatic heterocycles. The number of aromatic nitrogens is 3. The molecule has 1 saturated heterocycles. The van der Waals surface area contributed by atoms with Gasteiger partial charge in [-0.3, -0.25) is 14.6 Å². The Labute approximate surface area is 114 Å². The fourth-order valence-electron chi connectivity index (χ4n) is 2.81. The molecule has 19 heavy (non-hydrogen) atoms. The third-order valence-corrected chi connectivity index (χ3v) is 4.00. The van der Waals surface area contributed by atoms with Gasteiger partial charge in [-0.1, -0.05) is 6.07 Å². The van der Waals surface area contributed by atoms with E-state index >= 15 is 0 Å². The van der Waals surface area contributed by atoms with E-state index in [1.165, 1.54) is 11.3 Å². The summed E-state index contributed by atoms with van der Waals surface area (Å²) in [5, 5.41) is 4.58. The van der Waals surface area contributed by atoms with E-state index in [0.29, 0.717) is 12.1 Å². The minimum absolute atomic E-state index is 0.432. The third-order valence-electron chi connectivity index (χ3n) is 4.00. The molecular formula is C15H20N4. The van der Waals surface area contributed by atoms with Crippen molar-refractivity contribution in [2.24, 2.45) is 0 Å². The molecule has 0 bridgehead atoms. The molecule has 4 heteroatoms. The molecule has 1 aliphatic rings. The molecule has 0 N–H and O–H groups in total. The number of nitrogens with zero attached hydrogens (tertiary/aromatic N) is 4. The molecule has 0 aromatic carbocycles. The predicted molar refractivity (Wildman–Crippen MR) is 75.0 cm³/mol. The molecule has 0 radical (unpaired) electrons. The van der Waals surface area contributed by atoms with Gasteiger partial charge in [0.25, 0.3) is 0 Å². The summed E-state index contributed by atoms with van der Waals surface area (Å²) in [5.74, 6) is 0. The lowest BCUT2D eigenvalue weighted by atomic mass is 10.0. The molecule has 0 amide bonds. The fourth-order valence-corrected chi connectivity index (χ4v) is 2.81. The van der Waals surface area contributed by atoms with Crippen molar-refractivity contribution >= 4 is 0 Å². The van der Waals surface area contributed by atoms with Gasteiger partial charge in [-0.2, -0.15) is 5.10 Å². The SMILES string of the molecule is Cc1cc(C)n(C2CN([C@@H](C)c3cccnc3)C2)n1. The van der Waals surface area contributed by atoms with E-state index in [0.717, 1.165) is 18.8 Å². The Kier molecular flexibility index (Phi) is 3.11. The van der Waals surface area contributed by atoms with Gasteiger partial charge in [0.05, 0.1) is 11.7 Å². The molecule has 3 rings (SSSR count). The smallest absolute Gasteiger partial charge is 0.0776 e. The minimum Gasteiger partial charge on any atom is -0.292 e. The van der Waals surface area contributed by atoms with Crippen LogP contribution in [0, 0.1) is 13.8 Å². The van der Waals surface area contributed by atoms with Crippen molar-refractivity contribution in [2.75, 3.05) is 13.1 Å². The van der Waals surface area contributed by atoms with Crippen LogP contribution < -0.4 is 0 Å². The number of hydrogen-bond donors (Lipinski definition) is 0. The quantitative estimate of drug-likeness (QED) is 0.846. The summed E-state index contributed by atoms with van der Waals surface area (Å²) in [7, 11) is 0. The van der Waals surface area contributed by atoms with Gasteiger partial charge in [0.2, 0.25) is 0 Å². The van der Waals surface area contributed by atoms with Crippen LogP contribution in [0.2, 0.25) is 0 Å². The fraction of sp³-hybridized carbons (Fsp3) is 0.467. The van der Waals surface area contributed by atoms with Crippen LogP contribution >= 0.6 is 0 Å². The highest BCUT2D eigenvalue weighted by atomic mass is 15.4. The van der Waals surface area contributed by atoms with Crippen molar-refractivity contribution in [3.8, 4) is 0 Å². The first-order chi connectivity index (χ1) is 9.15. The highest BCUT2D eigenvalue weighted by Crippen LogP contribution is 2.31. The summed E-state index contributed by atoms with van der Waals surface area (Å²) in [6, 6.07) is 7.25. The van der Waals surface area contributed by atoms with Crippen LogP contribution in [0.3, 0.4) is 0 Å². The van der Waals surface area contributed by atoms with Gasteiger partial charge in [0, 0.05) is 37.2 Å². The van der Waals surface area contributed by atoms with Crippen LogP contribution in [-0.2, 0) is 0 Å². The van der Waals surface area contributed by atoms with Gasteiger partial charge < -0.3 is 0 Å². The Balaban J connectivity index is 1.65. The van der Waals surface area contributed by atoms with Crippen LogP contribution in [-0.4, -0.2) is 32.8 Å². The van der Waals surface area contributed by atoms with Crippen molar-refractivity contribution in [3.05, 3.63) is 47.5 Å². The van der Waals surface area contributed by atoms with E-state index in [-0.39, 0.29) is 0 Å². The molecule has 100 valence electrons. The maximum atomic E-state index is 4.58. The zero-order valence-electron chi connectivity index (χ0n) is 11.7. The average molecular weight is 256 g/mol. The topological polar surface area (TPSA) is 34.0 Å². The van der Waals surface area contributed by atoms with Crippen LogP contribution in [0.25, 0.3) is 0 Å². The number of hydrogen-bond acceptors (Lipinski definition) is 3. The standard InChI is InChI=1S/C15H20N4/c1-11-7-12(2)19(17-11)15-9-18(10-15)13(3)14-5-4-6-16-8-14/h4-8,13,15H,9-10H2,1-3H3/t13-/m0/s1. The Morgan fingerprint density at radius 2 is 2.11 bits per heavy atom. The Bertz CT molecular complexity index is 555. The molecule has 1 fully saturated rings. The van der Waals surface area contributed by atoms with Crippen molar-refractivity contribution < 1.29 is 0 Å². The van der Waals surface area contributed by atoms with Crippen LogP contribution in [0.15, 0.2) is 30.6 Å². The minimum atomic E-state index is 0.432. The summed E-state index contributed by atoms with van der Waals surface area (Å²) < 4.78 is 2.17. The first-order valence-corrected chi connectivity index (χ1v) is 6.82. The molecule has 0 spiro atoms. The maximum absolute atomic E-state index is 4.58. The number of pyridine rings is 1. The van der Waals surface area contributed by atoms with Crippen molar-refractivity contribution in [2.45, 2.75) is 32.9 Å². The lowest BCUT2D eigenvalue weighted by molar-refractivity contribution is 0.0583. The van der Waals surface area contributed by atoms with E-state index in [1.807, 2.05) is 18.5 Å². The summed E-state index contributed by atoms with van der Waals surface area (Å²) in [4.78, 5) is 6.67. The van der Waals surface area contributed by atoms with E-state index in [4.69, 9.17) is 0 Å². The Morgan fingerprint density at radius 3 is 2.68 bits per heavy atom. The number of likely N-dealkylation sites (tertiary alicyclic amines) is 1. The first-order valence-electron chi connectivity index (χ1n) is 6.82. The van der Waals surface area contributed by atoms with Crippen LogP contribution in [0.5, 0.6) is 0 Å². The number of rotatable bonds is 3. The molecule has 3 heterocycles. The second-order valence-corrected chi connectivity index (χ2v) is 5.44. The maximum Gasteiger partial charge on any atom is 0.0776 e. The summed E-state index contributed by atoms with van der Waals surface area (Å²) >= 11 is 0. The molecule has 0 unspecified atom stereocenters. The Hall–Kier alpha value is -1.68. The lowest BCUT2D eigenvalue weighted by Crippen LogP contribution is -2.49. The molecule has 1 aliphatic heterocycles. The van der Waals surface area contributed by atoms with Gasteiger partial charge in [-0.25, -0.2) is 0 Å². The average Bonchev–Trinajstić information content (AvgIpc) is 2.68. The highest BCUT2D eigenvalue weighted by molar-refractivity contribution is 5.15. The molecule has 2 aromatic rings. The summed E-state index contributed by atoms with van der Waals surface area (Å²) in [5.41, 5.74) is 3.65. The predicted octanol–water partition coefficient (Wildman–Crippen LogP) is 2.51. The van der Waals surface area contributed by atoms with E-state index in [9.17, 15) is 0 Å². The van der Waals surface area contributed by atoms with Gasteiger partial charge in [0.15, 0.2) is 0 Å². The van der Waals surface area contributed by atoms with Gasteiger partial charge in [0.1, 0.15) is 0 Å². The zero-order valence-corrected chi connectivity index (χ0v) is 11.7. The van der Waals surface area contributed by atoms with Crippen LogP contribution in [0.4, 0.5) is 0 Å². The van der Waals surface area contributed by atoms with E-state index in [2.05, 4.69) is 52.6 Å². The van der Waals surface area contributed by atoms with Crippen molar-refractivity contribution in [1.82, 2.24) is 19.7 Å². The van der Waals surface area contributed by atoms with Gasteiger partial charge in [-0.15, -0.1) is 0 Å². The van der Waals surface area contributed by atoms with Gasteiger partial charge >= 0.3 is 0 Å².